The third kappa shape index (κ3) is 3.62. The molecule has 158 valence electrons. The van der Waals surface area contributed by atoms with Crippen LogP contribution < -0.4 is 4.74 Å². The first-order chi connectivity index (χ1) is 15.6. The minimum absolute atomic E-state index is 0.233. The summed E-state index contributed by atoms with van der Waals surface area (Å²) in [6, 6.07) is 14.5. The maximum absolute atomic E-state index is 14.2. The van der Waals surface area contributed by atoms with E-state index in [1.165, 1.54) is 23.5 Å². The normalized spacial score (nSPS) is 11.6. The molecule has 6 aromatic rings. The van der Waals surface area contributed by atoms with Gasteiger partial charge in [0.15, 0.2) is 10.7 Å². The monoisotopic (exact) mass is 525 g/mol. The molecule has 0 bridgehead atoms. The standard InChI is InChI=1S/C23H13BrFN3O2S2/c24-21-10-28-9-17(27-23(28)32-21)20-8-16-18(6-14(25)7-19(16)30-20)29-11-15-12-31-22(26-15)13-4-2-1-3-5-13/h1-10,12H,11H2. The lowest BCUT2D eigenvalue weighted by atomic mass is 10.2. The molecule has 0 radical (unpaired) electrons. The highest BCUT2D eigenvalue weighted by molar-refractivity contribution is 9.11. The van der Waals surface area contributed by atoms with Gasteiger partial charge in [0.05, 0.1) is 14.9 Å². The van der Waals surface area contributed by atoms with Crippen LogP contribution in [-0.2, 0) is 6.61 Å². The van der Waals surface area contributed by atoms with Crippen molar-refractivity contribution in [1.29, 1.82) is 0 Å². The van der Waals surface area contributed by atoms with E-state index in [9.17, 15) is 4.39 Å². The van der Waals surface area contributed by atoms with Gasteiger partial charge in [-0.05, 0) is 22.0 Å². The lowest BCUT2D eigenvalue weighted by Gasteiger charge is -2.05. The first kappa shape index (κ1) is 19.7. The van der Waals surface area contributed by atoms with Gasteiger partial charge >= 0.3 is 0 Å². The van der Waals surface area contributed by atoms with Crippen LogP contribution in [0.25, 0.3) is 38.0 Å². The van der Waals surface area contributed by atoms with E-state index in [4.69, 9.17) is 9.15 Å². The maximum Gasteiger partial charge on any atom is 0.195 e. The fraction of sp³-hybridized carbons (Fsp3) is 0.0435. The number of nitrogens with zero attached hydrogens (tertiary/aromatic N) is 3. The molecule has 0 saturated heterocycles. The number of aromatic nitrogens is 3. The highest BCUT2D eigenvalue weighted by atomic mass is 79.9. The summed E-state index contributed by atoms with van der Waals surface area (Å²) in [5.74, 6) is 0.543. The second kappa shape index (κ2) is 7.84. The molecule has 4 aromatic heterocycles. The summed E-state index contributed by atoms with van der Waals surface area (Å²) < 4.78 is 29.0. The lowest BCUT2D eigenvalue weighted by Crippen LogP contribution is -1.96. The number of halogens is 2. The van der Waals surface area contributed by atoms with Crippen LogP contribution >= 0.6 is 38.6 Å². The van der Waals surface area contributed by atoms with Gasteiger partial charge in [-0.1, -0.05) is 41.7 Å². The first-order valence-electron chi connectivity index (χ1n) is 9.62. The second-order valence-electron chi connectivity index (χ2n) is 7.08. The van der Waals surface area contributed by atoms with Crippen LogP contribution in [0.5, 0.6) is 5.75 Å². The van der Waals surface area contributed by atoms with E-state index in [0.717, 1.165) is 25.0 Å². The molecule has 0 aliphatic carbocycles. The van der Waals surface area contributed by atoms with Crippen LogP contribution in [0.1, 0.15) is 5.69 Å². The molecule has 4 heterocycles. The summed E-state index contributed by atoms with van der Waals surface area (Å²) in [7, 11) is 0. The van der Waals surface area contributed by atoms with Gasteiger partial charge in [-0.25, -0.2) is 14.4 Å². The van der Waals surface area contributed by atoms with Crippen molar-refractivity contribution in [3.63, 3.8) is 0 Å². The molecule has 0 N–H and O–H groups in total. The van der Waals surface area contributed by atoms with Crippen molar-refractivity contribution in [2.45, 2.75) is 6.61 Å². The number of ether oxygens (including phenoxy) is 1. The largest absolute Gasteiger partial charge is 0.486 e. The van der Waals surface area contributed by atoms with Gasteiger partial charge in [0.2, 0.25) is 0 Å². The Labute approximate surface area is 197 Å². The molecule has 0 spiro atoms. The summed E-state index contributed by atoms with van der Waals surface area (Å²) >= 11 is 6.53. The molecule has 5 nitrogen and oxygen atoms in total. The average Bonchev–Trinajstić information content (AvgIpc) is 3.55. The van der Waals surface area contributed by atoms with Crippen LogP contribution in [0.3, 0.4) is 0 Å². The quantitative estimate of drug-likeness (QED) is 0.235. The van der Waals surface area contributed by atoms with Gasteiger partial charge < -0.3 is 9.15 Å². The predicted molar refractivity (Wildman–Crippen MR) is 128 cm³/mol. The number of benzene rings is 2. The van der Waals surface area contributed by atoms with E-state index >= 15 is 0 Å². The van der Waals surface area contributed by atoms with Crippen molar-refractivity contribution in [3.8, 4) is 27.8 Å². The Hall–Kier alpha value is -3.01. The Kier molecular flexibility index (Phi) is 4.82. The van der Waals surface area contributed by atoms with E-state index in [2.05, 4.69) is 25.9 Å². The van der Waals surface area contributed by atoms with Gasteiger partial charge in [-0.2, -0.15) is 0 Å². The van der Waals surface area contributed by atoms with Gasteiger partial charge in [0.25, 0.3) is 0 Å². The van der Waals surface area contributed by atoms with Crippen LogP contribution in [0.15, 0.2) is 74.5 Å². The van der Waals surface area contributed by atoms with Crippen molar-refractivity contribution >= 4 is 54.5 Å². The third-order valence-electron chi connectivity index (χ3n) is 4.89. The lowest BCUT2D eigenvalue weighted by molar-refractivity contribution is 0.304. The molecular formula is C23H13BrFN3O2S2. The first-order valence-corrected chi connectivity index (χ1v) is 12.1. The van der Waals surface area contributed by atoms with E-state index in [0.29, 0.717) is 28.2 Å². The number of fused-ring (bicyclic) bond motifs is 2. The fourth-order valence-electron chi connectivity index (χ4n) is 3.44. The number of hydrogen-bond acceptors (Lipinski definition) is 6. The van der Waals surface area contributed by atoms with E-state index in [1.54, 1.807) is 11.3 Å². The molecule has 0 saturated carbocycles. The number of imidazole rings is 1. The van der Waals surface area contributed by atoms with E-state index < -0.39 is 5.82 Å². The van der Waals surface area contributed by atoms with Gasteiger partial charge in [0.1, 0.15) is 34.5 Å². The van der Waals surface area contributed by atoms with E-state index in [-0.39, 0.29) is 6.61 Å². The smallest absolute Gasteiger partial charge is 0.195 e. The molecule has 32 heavy (non-hydrogen) atoms. The Morgan fingerprint density at radius 2 is 1.97 bits per heavy atom. The highest BCUT2D eigenvalue weighted by Gasteiger charge is 2.16. The Balaban J connectivity index is 1.29. The van der Waals surface area contributed by atoms with Crippen LogP contribution in [-0.4, -0.2) is 14.4 Å². The minimum atomic E-state index is -0.425. The summed E-state index contributed by atoms with van der Waals surface area (Å²) in [4.78, 5) is 10.1. The second-order valence-corrected chi connectivity index (χ2v) is 10.3. The molecule has 0 aliphatic heterocycles. The van der Waals surface area contributed by atoms with Crippen LogP contribution in [0, 0.1) is 5.82 Å². The van der Waals surface area contributed by atoms with Crippen LogP contribution in [0.4, 0.5) is 4.39 Å². The van der Waals surface area contributed by atoms with Crippen LogP contribution in [0.2, 0.25) is 0 Å². The Bertz CT molecular complexity index is 1540. The maximum atomic E-state index is 14.2. The number of rotatable bonds is 5. The molecule has 0 atom stereocenters. The molecular weight excluding hydrogens is 513 g/mol. The molecule has 9 heteroatoms. The van der Waals surface area contributed by atoms with Crippen molar-refractivity contribution in [3.05, 3.63) is 81.6 Å². The molecule has 6 rings (SSSR count). The zero-order chi connectivity index (χ0) is 21.7. The molecule has 2 aromatic carbocycles. The number of thiazole rings is 2. The van der Waals surface area contributed by atoms with Gasteiger partial charge in [-0.15, -0.1) is 11.3 Å². The van der Waals surface area contributed by atoms with E-state index in [1.807, 2.05) is 58.6 Å². The number of hydrogen-bond donors (Lipinski definition) is 0. The summed E-state index contributed by atoms with van der Waals surface area (Å²) in [6.45, 7) is 0.233. The highest BCUT2D eigenvalue weighted by Crippen LogP contribution is 2.36. The average molecular weight is 526 g/mol. The molecule has 0 unspecified atom stereocenters. The Morgan fingerprint density at radius 1 is 1.09 bits per heavy atom. The zero-order valence-electron chi connectivity index (χ0n) is 16.3. The molecule has 0 aliphatic rings. The summed E-state index contributed by atoms with van der Waals surface area (Å²) in [5.41, 5.74) is 2.94. The number of furan rings is 1. The summed E-state index contributed by atoms with van der Waals surface area (Å²) in [5, 5.41) is 3.57. The Morgan fingerprint density at radius 3 is 2.81 bits per heavy atom. The summed E-state index contributed by atoms with van der Waals surface area (Å²) in [6.07, 6.45) is 3.82. The van der Waals surface area contributed by atoms with Gasteiger partial charge in [0, 0.05) is 35.5 Å². The van der Waals surface area contributed by atoms with Gasteiger partial charge in [-0.3, -0.25) is 4.40 Å². The predicted octanol–water partition coefficient (Wildman–Crippen LogP) is 7.41. The topological polar surface area (TPSA) is 52.6 Å². The van der Waals surface area contributed by atoms with Crippen molar-refractivity contribution < 1.29 is 13.5 Å². The fourth-order valence-corrected chi connectivity index (χ4v) is 5.61. The van der Waals surface area contributed by atoms with Crippen molar-refractivity contribution in [2.75, 3.05) is 0 Å². The van der Waals surface area contributed by atoms with Crippen molar-refractivity contribution in [2.24, 2.45) is 0 Å². The van der Waals surface area contributed by atoms with Crippen molar-refractivity contribution in [1.82, 2.24) is 14.4 Å². The zero-order valence-corrected chi connectivity index (χ0v) is 19.5. The third-order valence-corrected chi connectivity index (χ3v) is 7.31. The SMILES string of the molecule is Fc1cc(OCc2csc(-c3ccccc3)n2)c2cc(-c3cn4cc(Br)sc4n3)oc2c1. The minimum Gasteiger partial charge on any atom is -0.486 e. The molecule has 0 fully saturated rings. The molecule has 0 amide bonds.